The first-order valence-electron chi connectivity index (χ1n) is 9.57. The third-order valence-corrected chi connectivity index (χ3v) is 4.54. The predicted molar refractivity (Wildman–Crippen MR) is 120 cm³/mol. The number of pyridine rings is 1. The van der Waals surface area contributed by atoms with Crippen LogP contribution in [0.3, 0.4) is 0 Å². The third-order valence-electron chi connectivity index (χ3n) is 4.54. The van der Waals surface area contributed by atoms with Crippen LogP contribution < -0.4 is 0 Å². The fourth-order valence-corrected chi connectivity index (χ4v) is 3.03. The second-order valence-electron chi connectivity index (χ2n) is 7.91. The summed E-state index contributed by atoms with van der Waals surface area (Å²) < 4.78 is 0. The molecule has 0 atom stereocenters. The van der Waals surface area contributed by atoms with Crippen molar-refractivity contribution in [2.45, 2.75) is 40.0 Å². The van der Waals surface area contributed by atoms with Crippen LogP contribution in [0.15, 0.2) is 82.8 Å². The predicted octanol–water partition coefficient (Wildman–Crippen LogP) is 6.66. The molecule has 0 bridgehead atoms. The highest BCUT2D eigenvalue weighted by atomic mass is 14.8. The molecule has 28 heavy (non-hydrogen) atoms. The van der Waals surface area contributed by atoms with Crippen LogP contribution in [0.2, 0.25) is 0 Å². The molecule has 1 aromatic heterocycles. The van der Waals surface area contributed by atoms with Crippen molar-refractivity contribution in [1.29, 1.82) is 0 Å². The third kappa shape index (κ3) is 4.80. The molecular weight excluding hydrogens is 342 g/mol. The largest absolute Gasteiger partial charge is 0.252 e. The van der Waals surface area contributed by atoms with Crippen LogP contribution in [0.4, 0.5) is 11.4 Å². The van der Waals surface area contributed by atoms with Crippen molar-refractivity contribution in [1.82, 2.24) is 4.98 Å². The molecule has 0 saturated heterocycles. The van der Waals surface area contributed by atoms with Crippen molar-refractivity contribution in [3.05, 3.63) is 89.7 Å². The minimum atomic E-state index is 0.0363. The molecule has 3 aromatic rings. The van der Waals surface area contributed by atoms with Crippen LogP contribution >= 0.6 is 0 Å². The van der Waals surface area contributed by atoms with E-state index in [2.05, 4.69) is 44.0 Å². The van der Waals surface area contributed by atoms with Gasteiger partial charge in [0.1, 0.15) is 0 Å². The Kier molecular flexibility index (Phi) is 5.84. The van der Waals surface area contributed by atoms with Gasteiger partial charge in [0.15, 0.2) is 0 Å². The lowest BCUT2D eigenvalue weighted by Gasteiger charge is -2.21. The van der Waals surface area contributed by atoms with Crippen LogP contribution in [0.25, 0.3) is 0 Å². The van der Waals surface area contributed by atoms with Gasteiger partial charge in [-0.2, -0.15) is 0 Å². The Balaban J connectivity index is 1.95. The van der Waals surface area contributed by atoms with Crippen molar-refractivity contribution in [2.24, 2.45) is 9.98 Å². The van der Waals surface area contributed by atoms with Gasteiger partial charge in [-0.1, -0.05) is 63.2 Å². The number of hydrogen-bond donors (Lipinski definition) is 0. The van der Waals surface area contributed by atoms with Crippen LogP contribution in [-0.4, -0.2) is 16.4 Å². The van der Waals surface area contributed by atoms with Crippen molar-refractivity contribution < 1.29 is 0 Å². The Hall–Kier alpha value is -3.07. The summed E-state index contributed by atoms with van der Waals surface area (Å²) in [7, 11) is 0. The van der Waals surface area contributed by atoms with E-state index in [1.165, 1.54) is 5.56 Å². The number of aliphatic imine (C=N–C) groups is 2. The van der Waals surface area contributed by atoms with E-state index in [0.29, 0.717) is 0 Å². The molecular formula is C25H27N3. The van der Waals surface area contributed by atoms with Crippen molar-refractivity contribution >= 4 is 22.8 Å². The zero-order valence-electron chi connectivity index (χ0n) is 17.3. The van der Waals surface area contributed by atoms with Gasteiger partial charge in [-0.15, -0.1) is 0 Å². The summed E-state index contributed by atoms with van der Waals surface area (Å²) in [6, 6.07) is 24.2. The van der Waals surface area contributed by atoms with Crippen molar-refractivity contribution in [2.75, 3.05) is 0 Å². The highest BCUT2D eigenvalue weighted by molar-refractivity contribution is 6.02. The molecule has 3 rings (SSSR count). The highest BCUT2D eigenvalue weighted by Gasteiger charge is 2.17. The fourth-order valence-electron chi connectivity index (χ4n) is 3.03. The normalized spacial score (nSPS) is 12.9. The van der Waals surface area contributed by atoms with Gasteiger partial charge in [-0.25, -0.2) is 4.98 Å². The molecule has 0 aliphatic heterocycles. The molecule has 0 fully saturated rings. The Bertz CT molecular complexity index is 1010. The zero-order chi connectivity index (χ0) is 20.1. The number of benzene rings is 2. The number of aromatic nitrogens is 1. The minimum absolute atomic E-state index is 0.0363. The van der Waals surface area contributed by atoms with E-state index in [1.807, 2.05) is 68.4 Å². The topological polar surface area (TPSA) is 37.6 Å². The average molecular weight is 370 g/mol. The number of hydrogen-bond acceptors (Lipinski definition) is 3. The van der Waals surface area contributed by atoms with E-state index >= 15 is 0 Å². The van der Waals surface area contributed by atoms with Gasteiger partial charge in [-0.3, -0.25) is 9.98 Å². The van der Waals surface area contributed by atoms with Gasteiger partial charge in [0.25, 0.3) is 0 Å². The lowest BCUT2D eigenvalue weighted by atomic mass is 9.86. The van der Waals surface area contributed by atoms with E-state index in [9.17, 15) is 0 Å². The molecule has 2 aromatic carbocycles. The quantitative estimate of drug-likeness (QED) is 0.474. The molecule has 3 heteroatoms. The maximum Gasteiger partial charge on any atom is 0.0849 e. The van der Waals surface area contributed by atoms with Gasteiger partial charge in [-0.05, 0) is 55.2 Å². The maximum absolute atomic E-state index is 4.89. The molecule has 0 saturated carbocycles. The molecule has 0 aliphatic rings. The molecule has 0 N–H and O–H groups in total. The Morgan fingerprint density at radius 2 is 1.25 bits per heavy atom. The average Bonchev–Trinajstić information content (AvgIpc) is 2.68. The first-order valence-corrected chi connectivity index (χ1v) is 9.57. The first-order chi connectivity index (χ1) is 13.3. The summed E-state index contributed by atoms with van der Waals surface area (Å²) in [4.78, 5) is 14.4. The van der Waals surface area contributed by atoms with Crippen LogP contribution in [0.5, 0.6) is 0 Å². The van der Waals surface area contributed by atoms with Crippen LogP contribution in [0.1, 0.15) is 51.6 Å². The van der Waals surface area contributed by atoms with Crippen molar-refractivity contribution in [3.63, 3.8) is 0 Å². The molecule has 0 unspecified atom stereocenters. The van der Waals surface area contributed by atoms with Gasteiger partial charge < -0.3 is 0 Å². The van der Waals surface area contributed by atoms with Gasteiger partial charge >= 0.3 is 0 Å². The van der Waals surface area contributed by atoms with E-state index < -0.39 is 0 Å². The van der Waals surface area contributed by atoms with Crippen LogP contribution in [-0.2, 0) is 5.41 Å². The lowest BCUT2D eigenvalue weighted by Crippen LogP contribution is -2.11. The number of rotatable bonds is 4. The van der Waals surface area contributed by atoms with E-state index in [1.54, 1.807) is 0 Å². The molecule has 3 nitrogen and oxygen atoms in total. The summed E-state index contributed by atoms with van der Waals surface area (Å²) in [5.41, 5.74) is 6.69. The molecule has 0 amide bonds. The van der Waals surface area contributed by atoms with E-state index in [0.717, 1.165) is 34.2 Å². The second-order valence-corrected chi connectivity index (χ2v) is 7.91. The summed E-state index contributed by atoms with van der Waals surface area (Å²) in [6.07, 6.45) is 0. The van der Waals surface area contributed by atoms with Gasteiger partial charge in [0.05, 0.1) is 34.2 Å². The molecule has 142 valence electrons. The van der Waals surface area contributed by atoms with E-state index in [4.69, 9.17) is 9.98 Å². The van der Waals surface area contributed by atoms with Gasteiger partial charge in [0, 0.05) is 0 Å². The summed E-state index contributed by atoms with van der Waals surface area (Å²) >= 11 is 0. The summed E-state index contributed by atoms with van der Waals surface area (Å²) in [5, 5.41) is 0. The number of nitrogens with zero attached hydrogens (tertiary/aromatic N) is 3. The first kappa shape index (κ1) is 19.7. The molecule has 1 heterocycles. The van der Waals surface area contributed by atoms with E-state index in [-0.39, 0.29) is 5.41 Å². The fraction of sp³-hybridized carbons (Fsp3) is 0.240. The SMILES string of the molecule is CC(=Nc1ccccc1)c1cccc(C(C)=Nc2ccccc2C(C)(C)C)n1. The minimum Gasteiger partial charge on any atom is -0.252 e. The zero-order valence-corrected chi connectivity index (χ0v) is 17.3. The number of para-hydroxylation sites is 2. The standard InChI is InChI=1S/C25H27N3/c1-18(26-20-12-7-6-8-13-20)22-16-11-17-23(28-22)19(2)27-24-15-10-9-14-21(24)25(3,4)5/h6-17H,1-5H3. The highest BCUT2D eigenvalue weighted by Crippen LogP contribution is 2.31. The Morgan fingerprint density at radius 3 is 1.89 bits per heavy atom. The Morgan fingerprint density at radius 1 is 0.679 bits per heavy atom. The monoisotopic (exact) mass is 369 g/mol. The molecule has 0 spiro atoms. The summed E-state index contributed by atoms with van der Waals surface area (Å²) in [5.74, 6) is 0. The summed E-state index contributed by atoms with van der Waals surface area (Å²) in [6.45, 7) is 10.6. The lowest BCUT2D eigenvalue weighted by molar-refractivity contribution is 0.591. The smallest absolute Gasteiger partial charge is 0.0849 e. The van der Waals surface area contributed by atoms with Crippen molar-refractivity contribution in [3.8, 4) is 0 Å². The van der Waals surface area contributed by atoms with Gasteiger partial charge in [0.2, 0.25) is 0 Å². The maximum atomic E-state index is 4.89. The molecule has 0 aliphatic carbocycles. The second kappa shape index (κ2) is 8.30. The Labute approximate surface area is 167 Å². The molecule has 0 radical (unpaired) electrons. The van der Waals surface area contributed by atoms with Crippen LogP contribution in [0, 0.1) is 0 Å².